The first-order valence-electron chi connectivity index (χ1n) is 6.53. The van der Waals surface area contributed by atoms with Gasteiger partial charge in [-0.2, -0.15) is 0 Å². The Labute approximate surface area is 111 Å². The lowest BCUT2D eigenvalue weighted by atomic mass is 10.1. The van der Waals surface area contributed by atoms with Crippen LogP contribution in [-0.4, -0.2) is 12.2 Å². The lowest BCUT2D eigenvalue weighted by Crippen LogP contribution is -2.23. The molecule has 18 heavy (non-hydrogen) atoms. The van der Waals surface area contributed by atoms with Crippen molar-refractivity contribution in [2.75, 3.05) is 5.32 Å². The number of carbonyl (C=O) groups excluding carboxylic acids is 1. The SMILES string of the molecule is CC.Cc1ccc(NC(=O)OC(C)C(C)C)cc1. The van der Waals surface area contributed by atoms with Crippen molar-refractivity contribution in [1.29, 1.82) is 0 Å². The fraction of sp³-hybridized carbons (Fsp3) is 0.533. The molecule has 0 aliphatic carbocycles. The Kier molecular flexibility index (Phi) is 7.84. The number of hydrogen-bond donors (Lipinski definition) is 1. The zero-order valence-electron chi connectivity index (χ0n) is 12.3. The molecular formula is C15H25NO2. The maximum Gasteiger partial charge on any atom is 0.411 e. The highest BCUT2D eigenvalue weighted by atomic mass is 16.6. The van der Waals surface area contributed by atoms with Crippen molar-refractivity contribution in [2.45, 2.75) is 47.6 Å². The van der Waals surface area contributed by atoms with Crippen molar-refractivity contribution < 1.29 is 9.53 Å². The van der Waals surface area contributed by atoms with E-state index in [2.05, 4.69) is 5.32 Å². The van der Waals surface area contributed by atoms with Gasteiger partial charge >= 0.3 is 6.09 Å². The van der Waals surface area contributed by atoms with E-state index in [1.54, 1.807) is 0 Å². The smallest absolute Gasteiger partial charge is 0.411 e. The predicted octanol–water partition coefficient (Wildman–Crippen LogP) is 4.61. The molecule has 0 radical (unpaired) electrons. The number of carbonyl (C=O) groups is 1. The van der Waals surface area contributed by atoms with Crippen molar-refractivity contribution >= 4 is 11.8 Å². The summed E-state index contributed by atoms with van der Waals surface area (Å²) in [6.45, 7) is 11.9. The number of hydrogen-bond acceptors (Lipinski definition) is 2. The number of rotatable bonds is 3. The van der Waals surface area contributed by atoms with E-state index in [9.17, 15) is 4.79 Å². The highest BCUT2D eigenvalue weighted by Gasteiger charge is 2.12. The Bertz CT molecular complexity index is 344. The van der Waals surface area contributed by atoms with Crippen LogP contribution < -0.4 is 5.32 Å². The van der Waals surface area contributed by atoms with Gasteiger partial charge in [-0.25, -0.2) is 4.79 Å². The highest BCUT2D eigenvalue weighted by Crippen LogP contribution is 2.11. The van der Waals surface area contributed by atoms with Crippen LogP contribution in [0.3, 0.4) is 0 Å². The molecule has 0 fully saturated rings. The summed E-state index contributed by atoms with van der Waals surface area (Å²) in [5.74, 6) is 0.323. The second kappa shape index (κ2) is 8.56. The maximum absolute atomic E-state index is 11.5. The monoisotopic (exact) mass is 251 g/mol. The van der Waals surface area contributed by atoms with Gasteiger partial charge in [-0.3, -0.25) is 5.32 Å². The molecular weight excluding hydrogens is 226 g/mol. The van der Waals surface area contributed by atoms with Crippen LogP contribution in [0, 0.1) is 12.8 Å². The van der Waals surface area contributed by atoms with Gasteiger partial charge in [-0.15, -0.1) is 0 Å². The number of benzene rings is 1. The summed E-state index contributed by atoms with van der Waals surface area (Å²) in [7, 11) is 0. The van der Waals surface area contributed by atoms with Gasteiger partial charge in [-0.05, 0) is 31.9 Å². The molecule has 3 nitrogen and oxygen atoms in total. The summed E-state index contributed by atoms with van der Waals surface area (Å²) in [5.41, 5.74) is 1.92. The summed E-state index contributed by atoms with van der Waals surface area (Å²) < 4.78 is 5.20. The summed E-state index contributed by atoms with van der Waals surface area (Å²) in [6.07, 6.45) is -0.476. The Morgan fingerprint density at radius 3 is 2.06 bits per heavy atom. The topological polar surface area (TPSA) is 38.3 Å². The Morgan fingerprint density at radius 1 is 1.11 bits per heavy atom. The standard InChI is InChI=1S/C13H19NO2.C2H6/c1-9(2)11(4)16-13(15)14-12-7-5-10(3)6-8-12;1-2/h5-9,11H,1-4H3,(H,14,15);1-2H3. The summed E-state index contributed by atoms with van der Waals surface area (Å²) in [6, 6.07) is 7.61. The molecule has 1 N–H and O–H groups in total. The average Bonchev–Trinajstić information content (AvgIpc) is 2.34. The minimum absolute atomic E-state index is 0.0783. The van der Waals surface area contributed by atoms with Crippen LogP contribution in [0.1, 0.15) is 40.2 Å². The largest absolute Gasteiger partial charge is 0.446 e. The van der Waals surface area contributed by atoms with E-state index >= 15 is 0 Å². The molecule has 0 aliphatic rings. The lowest BCUT2D eigenvalue weighted by Gasteiger charge is -2.16. The molecule has 1 aromatic carbocycles. The van der Waals surface area contributed by atoms with Crippen LogP contribution >= 0.6 is 0 Å². The second-order valence-corrected chi connectivity index (χ2v) is 4.35. The van der Waals surface area contributed by atoms with E-state index in [1.807, 2.05) is 65.8 Å². The van der Waals surface area contributed by atoms with Crippen LogP contribution in [0.25, 0.3) is 0 Å². The third-order valence-corrected chi connectivity index (χ3v) is 2.53. The Morgan fingerprint density at radius 2 is 1.61 bits per heavy atom. The molecule has 0 spiro atoms. The molecule has 1 amide bonds. The van der Waals surface area contributed by atoms with Crippen molar-refractivity contribution in [3.63, 3.8) is 0 Å². The minimum atomic E-state index is -0.398. The normalized spacial score (nSPS) is 11.3. The number of ether oxygens (including phenoxy) is 1. The van der Waals surface area contributed by atoms with E-state index in [-0.39, 0.29) is 6.10 Å². The van der Waals surface area contributed by atoms with Gasteiger partial charge in [0, 0.05) is 5.69 Å². The Hall–Kier alpha value is -1.51. The maximum atomic E-state index is 11.5. The van der Waals surface area contributed by atoms with Gasteiger partial charge in [0.05, 0.1) is 0 Å². The molecule has 1 aromatic rings. The first kappa shape index (κ1) is 16.5. The van der Waals surface area contributed by atoms with E-state index in [4.69, 9.17) is 4.74 Å². The van der Waals surface area contributed by atoms with Crippen molar-refractivity contribution in [1.82, 2.24) is 0 Å². The van der Waals surface area contributed by atoms with Gasteiger partial charge in [0.15, 0.2) is 0 Å². The van der Waals surface area contributed by atoms with Crippen molar-refractivity contribution in [2.24, 2.45) is 5.92 Å². The minimum Gasteiger partial charge on any atom is -0.446 e. The van der Waals surface area contributed by atoms with Crippen LogP contribution in [0.5, 0.6) is 0 Å². The summed E-state index contributed by atoms with van der Waals surface area (Å²) in [4.78, 5) is 11.5. The third-order valence-electron chi connectivity index (χ3n) is 2.53. The fourth-order valence-corrected chi connectivity index (χ4v) is 1.09. The van der Waals surface area contributed by atoms with E-state index in [1.165, 1.54) is 0 Å². The molecule has 1 rings (SSSR count). The predicted molar refractivity (Wildman–Crippen MR) is 76.9 cm³/mol. The molecule has 0 bridgehead atoms. The molecule has 0 saturated carbocycles. The average molecular weight is 251 g/mol. The van der Waals surface area contributed by atoms with E-state index in [0.29, 0.717) is 5.92 Å². The molecule has 0 aromatic heterocycles. The van der Waals surface area contributed by atoms with Gasteiger partial charge in [0.2, 0.25) is 0 Å². The second-order valence-electron chi connectivity index (χ2n) is 4.35. The molecule has 0 aliphatic heterocycles. The lowest BCUT2D eigenvalue weighted by molar-refractivity contribution is 0.0940. The molecule has 0 heterocycles. The number of nitrogens with one attached hydrogen (secondary N) is 1. The van der Waals surface area contributed by atoms with Gasteiger partial charge in [-0.1, -0.05) is 45.4 Å². The van der Waals surface area contributed by atoms with Crippen LogP contribution in [0.15, 0.2) is 24.3 Å². The van der Waals surface area contributed by atoms with Crippen LogP contribution in [-0.2, 0) is 4.74 Å². The highest BCUT2D eigenvalue weighted by molar-refractivity contribution is 5.84. The molecule has 3 heteroatoms. The number of aryl methyl sites for hydroxylation is 1. The third kappa shape index (κ3) is 6.28. The zero-order valence-corrected chi connectivity index (χ0v) is 12.3. The van der Waals surface area contributed by atoms with Gasteiger partial charge in [0.1, 0.15) is 6.10 Å². The first-order valence-corrected chi connectivity index (χ1v) is 6.53. The van der Waals surface area contributed by atoms with Gasteiger partial charge in [0.25, 0.3) is 0 Å². The quantitative estimate of drug-likeness (QED) is 0.851. The Balaban J connectivity index is 0.00000137. The first-order chi connectivity index (χ1) is 8.49. The summed E-state index contributed by atoms with van der Waals surface area (Å²) in [5, 5.41) is 2.69. The number of anilines is 1. The molecule has 102 valence electrons. The van der Waals surface area contributed by atoms with Crippen molar-refractivity contribution in [3.8, 4) is 0 Å². The number of amides is 1. The van der Waals surface area contributed by atoms with E-state index in [0.717, 1.165) is 11.3 Å². The van der Waals surface area contributed by atoms with Crippen molar-refractivity contribution in [3.05, 3.63) is 29.8 Å². The molecule has 1 atom stereocenters. The molecule has 1 unspecified atom stereocenters. The molecule has 0 saturated heterocycles. The van der Waals surface area contributed by atoms with Crippen LogP contribution in [0.2, 0.25) is 0 Å². The van der Waals surface area contributed by atoms with Gasteiger partial charge < -0.3 is 4.74 Å². The van der Waals surface area contributed by atoms with Crippen LogP contribution in [0.4, 0.5) is 10.5 Å². The van der Waals surface area contributed by atoms with E-state index < -0.39 is 6.09 Å². The zero-order chi connectivity index (χ0) is 14.1. The fourth-order valence-electron chi connectivity index (χ4n) is 1.09. The summed E-state index contributed by atoms with van der Waals surface area (Å²) >= 11 is 0.